The van der Waals surface area contributed by atoms with Gasteiger partial charge in [0.15, 0.2) is 5.79 Å². The predicted octanol–water partition coefficient (Wildman–Crippen LogP) is 4.48. The van der Waals surface area contributed by atoms with Gasteiger partial charge in [-0.15, -0.1) is 0 Å². The van der Waals surface area contributed by atoms with Gasteiger partial charge in [0.25, 0.3) is 0 Å². The van der Waals surface area contributed by atoms with Crippen LogP contribution in [0.5, 0.6) is 0 Å². The van der Waals surface area contributed by atoms with Crippen molar-refractivity contribution in [2.24, 2.45) is 5.92 Å². The van der Waals surface area contributed by atoms with Crippen molar-refractivity contribution in [1.29, 1.82) is 0 Å². The van der Waals surface area contributed by atoms with Crippen molar-refractivity contribution in [2.45, 2.75) is 116 Å². The van der Waals surface area contributed by atoms with Crippen LogP contribution < -0.4 is 0 Å². The van der Waals surface area contributed by atoms with E-state index in [1.54, 1.807) is 0 Å². The van der Waals surface area contributed by atoms with E-state index in [4.69, 9.17) is 18.6 Å². The summed E-state index contributed by atoms with van der Waals surface area (Å²) in [5.74, 6) is -0.418. The molecule has 0 aromatic rings. The molecule has 0 aromatic heterocycles. The first-order chi connectivity index (χ1) is 12.4. The van der Waals surface area contributed by atoms with Gasteiger partial charge in [-0.3, -0.25) is 0 Å². The average Bonchev–Trinajstić information content (AvgIpc) is 2.92. The second-order valence-electron chi connectivity index (χ2n) is 9.83. The largest absolute Gasteiger partial charge is 0.413 e. The standard InChI is InChI=1S/C21H42O5Si/c1-13(2)27(14(3)4,15(5)6)26-17-10-18(24-19(11-22)16(17)7)20-12-23-21(8,9)25-20/h13-20,22H,10-12H2,1-9H3/t16-,17+,18+,19+,20-/m0/s1. The molecule has 6 heteroatoms. The summed E-state index contributed by atoms with van der Waals surface area (Å²) in [4.78, 5) is 0. The van der Waals surface area contributed by atoms with Crippen LogP contribution in [0.1, 0.15) is 68.7 Å². The van der Waals surface area contributed by atoms with E-state index in [1.807, 2.05) is 13.8 Å². The van der Waals surface area contributed by atoms with Gasteiger partial charge in [-0.2, -0.15) is 0 Å². The molecule has 27 heavy (non-hydrogen) atoms. The third kappa shape index (κ3) is 4.78. The smallest absolute Gasteiger partial charge is 0.200 e. The molecule has 0 spiro atoms. The molecule has 0 saturated carbocycles. The number of ether oxygens (including phenoxy) is 3. The maximum absolute atomic E-state index is 9.93. The molecule has 2 aliphatic rings. The summed E-state index contributed by atoms with van der Waals surface area (Å²) >= 11 is 0. The Morgan fingerprint density at radius 3 is 2.00 bits per heavy atom. The molecule has 2 heterocycles. The quantitative estimate of drug-likeness (QED) is 0.636. The molecule has 0 radical (unpaired) electrons. The Kier molecular flexibility index (Phi) is 7.59. The van der Waals surface area contributed by atoms with Gasteiger partial charge in [-0.1, -0.05) is 48.5 Å². The molecule has 160 valence electrons. The van der Waals surface area contributed by atoms with Crippen molar-refractivity contribution >= 4 is 8.32 Å². The van der Waals surface area contributed by atoms with E-state index >= 15 is 0 Å². The van der Waals surface area contributed by atoms with Crippen molar-refractivity contribution < 1.29 is 23.7 Å². The van der Waals surface area contributed by atoms with Gasteiger partial charge < -0.3 is 23.7 Å². The minimum absolute atomic E-state index is 0.00802. The summed E-state index contributed by atoms with van der Waals surface area (Å²) in [6, 6.07) is 0. The van der Waals surface area contributed by atoms with Crippen molar-refractivity contribution in [3.8, 4) is 0 Å². The Bertz CT molecular complexity index is 457. The van der Waals surface area contributed by atoms with Crippen molar-refractivity contribution in [2.75, 3.05) is 13.2 Å². The number of aliphatic hydroxyl groups is 1. The Labute approximate surface area is 167 Å². The van der Waals surface area contributed by atoms with Crippen LogP contribution in [0.4, 0.5) is 0 Å². The monoisotopic (exact) mass is 402 g/mol. The van der Waals surface area contributed by atoms with Gasteiger partial charge >= 0.3 is 0 Å². The van der Waals surface area contributed by atoms with Crippen LogP contribution in [0, 0.1) is 5.92 Å². The summed E-state index contributed by atoms with van der Waals surface area (Å²) in [6.45, 7) is 20.4. The number of hydrogen-bond acceptors (Lipinski definition) is 5. The van der Waals surface area contributed by atoms with Gasteiger partial charge in [-0.25, -0.2) is 0 Å². The number of rotatable bonds is 7. The lowest BCUT2D eigenvalue weighted by atomic mass is 9.89. The third-order valence-corrected chi connectivity index (χ3v) is 12.8. The van der Waals surface area contributed by atoms with Crippen molar-refractivity contribution in [3.05, 3.63) is 0 Å². The van der Waals surface area contributed by atoms with E-state index in [2.05, 4.69) is 48.5 Å². The number of hydrogen-bond donors (Lipinski definition) is 1. The Balaban J connectivity index is 2.24. The average molecular weight is 403 g/mol. The lowest BCUT2D eigenvalue weighted by molar-refractivity contribution is -0.197. The van der Waals surface area contributed by atoms with Crippen molar-refractivity contribution in [1.82, 2.24) is 0 Å². The van der Waals surface area contributed by atoms with E-state index in [9.17, 15) is 5.11 Å². The maximum Gasteiger partial charge on any atom is 0.200 e. The van der Waals surface area contributed by atoms with E-state index in [-0.39, 0.29) is 36.9 Å². The van der Waals surface area contributed by atoms with Gasteiger partial charge in [-0.05, 0) is 30.5 Å². The third-order valence-electron chi connectivity index (χ3n) is 6.67. The van der Waals surface area contributed by atoms with E-state index in [0.717, 1.165) is 6.42 Å². The SMILES string of the molecule is CC(C)[Si](O[C@@H]1C[C@H]([C@@H]2COC(C)(C)O2)O[C@H](CO)[C@H]1C)(C(C)C)C(C)C. The molecule has 1 N–H and O–H groups in total. The van der Waals surface area contributed by atoms with Crippen LogP contribution in [0.2, 0.25) is 16.6 Å². The first-order valence-corrected chi connectivity index (χ1v) is 12.8. The van der Waals surface area contributed by atoms with Crippen LogP contribution in [-0.4, -0.2) is 56.8 Å². The van der Waals surface area contributed by atoms with E-state index in [1.165, 1.54) is 0 Å². The molecular formula is C21H42O5Si. The second kappa shape index (κ2) is 8.80. The summed E-state index contributed by atoms with van der Waals surface area (Å²) < 4.78 is 25.2. The lowest BCUT2D eigenvalue weighted by Crippen LogP contribution is -2.57. The molecule has 2 saturated heterocycles. The highest BCUT2D eigenvalue weighted by atomic mass is 28.4. The van der Waals surface area contributed by atoms with Crippen LogP contribution in [0.25, 0.3) is 0 Å². The van der Waals surface area contributed by atoms with E-state index < -0.39 is 14.1 Å². The molecule has 2 rings (SSSR count). The first kappa shape index (κ1) is 23.3. The molecule has 5 atom stereocenters. The molecule has 2 fully saturated rings. The highest BCUT2D eigenvalue weighted by molar-refractivity contribution is 6.77. The summed E-state index contributed by atoms with van der Waals surface area (Å²) in [7, 11) is -2.01. The van der Waals surface area contributed by atoms with Crippen LogP contribution >= 0.6 is 0 Å². The summed E-state index contributed by atoms with van der Waals surface area (Å²) in [6.07, 6.45) is 0.429. The van der Waals surface area contributed by atoms with Gasteiger partial charge in [0.2, 0.25) is 8.32 Å². The minimum atomic E-state index is -2.01. The number of aliphatic hydroxyl groups excluding tert-OH is 1. The molecule has 5 nitrogen and oxygen atoms in total. The van der Waals surface area contributed by atoms with Crippen molar-refractivity contribution in [3.63, 3.8) is 0 Å². The van der Waals surface area contributed by atoms with Crippen LogP contribution in [0.3, 0.4) is 0 Å². The first-order valence-electron chi connectivity index (χ1n) is 10.7. The summed E-state index contributed by atoms with van der Waals surface area (Å²) in [5.41, 5.74) is 1.59. The molecule has 0 unspecified atom stereocenters. The highest BCUT2D eigenvalue weighted by Gasteiger charge is 2.51. The molecule has 0 aromatic carbocycles. The maximum atomic E-state index is 9.93. The molecule has 0 amide bonds. The zero-order valence-electron chi connectivity index (χ0n) is 18.8. The summed E-state index contributed by atoms with van der Waals surface area (Å²) in [5, 5.41) is 9.93. The van der Waals surface area contributed by atoms with Gasteiger partial charge in [0.1, 0.15) is 6.10 Å². The molecule has 0 bridgehead atoms. The Morgan fingerprint density at radius 1 is 1.04 bits per heavy atom. The zero-order chi connectivity index (χ0) is 20.6. The minimum Gasteiger partial charge on any atom is -0.413 e. The zero-order valence-corrected chi connectivity index (χ0v) is 19.8. The molecular weight excluding hydrogens is 360 g/mol. The molecule has 0 aliphatic carbocycles. The topological polar surface area (TPSA) is 57.2 Å². The second-order valence-corrected chi connectivity index (χ2v) is 15.2. The fourth-order valence-electron chi connectivity index (χ4n) is 5.26. The normalized spacial score (nSPS) is 34.8. The van der Waals surface area contributed by atoms with Gasteiger partial charge in [0, 0.05) is 12.3 Å². The Morgan fingerprint density at radius 2 is 1.59 bits per heavy atom. The predicted molar refractivity (Wildman–Crippen MR) is 110 cm³/mol. The highest BCUT2D eigenvalue weighted by Crippen LogP contribution is 2.45. The van der Waals surface area contributed by atoms with Crippen LogP contribution in [-0.2, 0) is 18.6 Å². The van der Waals surface area contributed by atoms with Gasteiger partial charge in [0.05, 0.1) is 31.5 Å². The fourth-order valence-corrected chi connectivity index (χ4v) is 10.9. The Hall–Kier alpha value is 0.0169. The molecule has 2 aliphatic heterocycles. The lowest BCUT2D eigenvalue weighted by Gasteiger charge is -2.49. The van der Waals surface area contributed by atoms with Crippen LogP contribution in [0.15, 0.2) is 0 Å². The van der Waals surface area contributed by atoms with E-state index in [0.29, 0.717) is 23.2 Å². The fraction of sp³-hybridized carbons (Fsp3) is 1.00.